The van der Waals surface area contributed by atoms with Gasteiger partial charge in [0.15, 0.2) is 17.2 Å². The zero-order valence-electron chi connectivity index (χ0n) is 21.2. The molecule has 7 rings (SSSR count). The van der Waals surface area contributed by atoms with Crippen molar-refractivity contribution in [3.63, 3.8) is 0 Å². The predicted molar refractivity (Wildman–Crippen MR) is 144 cm³/mol. The van der Waals surface area contributed by atoms with Gasteiger partial charge in [-0.2, -0.15) is 0 Å². The number of rotatable bonds is 4. The van der Waals surface area contributed by atoms with Crippen molar-refractivity contribution in [3.8, 4) is 22.6 Å². The Morgan fingerprint density at radius 2 is 1.90 bits per heavy atom. The Labute approximate surface area is 229 Å². The lowest BCUT2D eigenvalue weighted by atomic mass is 9.76. The van der Waals surface area contributed by atoms with Gasteiger partial charge in [0.25, 0.3) is 0 Å². The summed E-state index contributed by atoms with van der Waals surface area (Å²) < 4.78 is 44.4. The molecule has 2 atom stereocenters. The average molecular weight is 552 g/mol. The van der Waals surface area contributed by atoms with Gasteiger partial charge in [0.1, 0.15) is 18.2 Å². The van der Waals surface area contributed by atoms with Crippen LogP contribution in [0.3, 0.4) is 0 Å². The molecule has 0 aromatic heterocycles. The van der Waals surface area contributed by atoms with Crippen LogP contribution in [0.15, 0.2) is 42.5 Å². The van der Waals surface area contributed by atoms with Crippen LogP contribution in [0, 0.1) is 11.6 Å². The summed E-state index contributed by atoms with van der Waals surface area (Å²) in [5.74, 6) is -2.17. The third kappa shape index (κ3) is 3.64. The van der Waals surface area contributed by atoms with Crippen LogP contribution in [0.25, 0.3) is 11.1 Å². The van der Waals surface area contributed by atoms with Crippen LogP contribution in [0.5, 0.6) is 11.5 Å². The molecule has 6 nitrogen and oxygen atoms in total. The lowest BCUT2D eigenvalue weighted by molar-refractivity contribution is 0.0539. The number of benzene rings is 3. The Balaban J connectivity index is 1.43. The predicted octanol–water partition coefficient (Wildman–Crippen LogP) is 5.69. The van der Waals surface area contributed by atoms with Crippen LogP contribution in [-0.4, -0.2) is 30.6 Å². The minimum atomic E-state index is -0.863. The van der Waals surface area contributed by atoms with Gasteiger partial charge in [0.2, 0.25) is 5.91 Å². The molecule has 3 aromatic carbocycles. The minimum absolute atomic E-state index is 0.0210. The van der Waals surface area contributed by atoms with Gasteiger partial charge >= 0.3 is 0 Å². The molecule has 0 bridgehead atoms. The molecule has 3 aliphatic heterocycles. The van der Waals surface area contributed by atoms with Crippen molar-refractivity contribution in [1.82, 2.24) is 5.32 Å². The number of fused-ring (bicyclic) bond motifs is 2. The van der Waals surface area contributed by atoms with Gasteiger partial charge in [-0.05, 0) is 50.3 Å². The van der Waals surface area contributed by atoms with Crippen molar-refractivity contribution in [3.05, 3.63) is 75.8 Å². The molecule has 3 aromatic rings. The van der Waals surface area contributed by atoms with Crippen molar-refractivity contribution in [1.29, 1.82) is 0 Å². The third-order valence-electron chi connectivity index (χ3n) is 8.84. The zero-order valence-corrected chi connectivity index (χ0v) is 22.0. The molecule has 4 aliphatic rings. The summed E-state index contributed by atoms with van der Waals surface area (Å²) in [5, 5.41) is 6.60. The van der Waals surface area contributed by atoms with E-state index in [0.717, 1.165) is 44.2 Å². The van der Waals surface area contributed by atoms with E-state index >= 15 is 8.78 Å². The number of hydrogen-bond donors (Lipinski definition) is 3. The van der Waals surface area contributed by atoms with E-state index in [1.54, 1.807) is 0 Å². The minimum Gasteiger partial charge on any atom is -0.486 e. The molecule has 9 heteroatoms. The molecule has 4 N–H and O–H groups in total. The first kappa shape index (κ1) is 24.7. The number of carbonyl (C=O) groups excluding carboxylic acids is 1. The number of nitrogens with two attached hydrogens (primary N) is 1. The number of primary amides is 1. The molecule has 1 saturated carbocycles. The second-order valence-corrected chi connectivity index (χ2v) is 11.5. The maximum atomic E-state index is 16.4. The molecule has 0 unspecified atom stereocenters. The number of anilines is 1. The lowest BCUT2D eigenvalue weighted by Gasteiger charge is -2.46. The van der Waals surface area contributed by atoms with Crippen LogP contribution in [0.4, 0.5) is 14.5 Å². The van der Waals surface area contributed by atoms with Crippen LogP contribution < -0.4 is 25.8 Å². The highest BCUT2D eigenvalue weighted by Crippen LogP contribution is 2.54. The summed E-state index contributed by atoms with van der Waals surface area (Å²) in [6.07, 6.45) is 4.95. The Morgan fingerprint density at radius 3 is 2.56 bits per heavy atom. The number of halogens is 3. The van der Waals surface area contributed by atoms with E-state index in [1.807, 2.05) is 30.3 Å². The molecule has 2 fully saturated rings. The molecule has 0 radical (unpaired) electrons. The molecule has 39 heavy (non-hydrogen) atoms. The maximum absolute atomic E-state index is 16.4. The molecular formula is C30H28ClF2N3O3. The molecule has 1 saturated heterocycles. The van der Waals surface area contributed by atoms with Gasteiger partial charge < -0.3 is 25.8 Å². The standard InChI is InChI=1S/C30H28ClF2N3O3/c31-25-19(32)13-21-18(14-30(39-21,22-8-4-11-35-22)16-6-2-1-3-7-16)23(25)24-17(28(34)37)12-20-27(26(24)33)38-15-29(36-20)9-5-10-29/h1-3,6-7,12-13,22,35-36H,4-5,8-11,14-15H2,(H2,34,37)/t22-,30-/m0/s1. The maximum Gasteiger partial charge on any atom is 0.249 e. The van der Waals surface area contributed by atoms with Gasteiger partial charge in [0, 0.05) is 29.2 Å². The SMILES string of the molecule is NC(=O)c1cc2c(c(F)c1-c1c(Cl)c(F)cc3c1C[C@](c1ccccc1)([C@@H]1CCCN1)O3)OCC1(CCC1)N2. The highest BCUT2D eigenvalue weighted by Gasteiger charge is 2.50. The van der Waals surface area contributed by atoms with Gasteiger partial charge in [0.05, 0.1) is 27.9 Å². The van der Waals surface area contributed by atoms with Gasteiger partial charge in [-0.25, -0.2) is 8.78 Å². The second-order valence-electron chi connectivity index (χ2n) is 11.1. The molecule has 1 amide bonds. The number of nitrogens with one attached hydrogen (secondary N) is 2. The first-order valence-corrected chi connectivity index (χ1v) is 13.8. The summed E-state index contributed by atoms with van der Waals surface area (Å²) >= 11 is 6.60. The van der Waals surface area contributed by atoms with Crippen molar-refractivity contribution >= 4 is 23.2 Å². The molecule has 1 spiro atoms. The first-order valence-electron chi connectivity index (χ1n) is 13.4. The van der Waals surface area contributed by atoms with Crippen molar-refractivity contribution in [2.75, 3.05) is 18.5 Å². The topological polar surface area (TPSA) is 85.6 Å². The van der Waals surface area contributed by atoms with Crippen LogP contribution >= 0.6 is 11.6 Å². The quantitative estimate of drug-likeness (QED) is 0.388. The molecule has 202 valence electrons. The number of amides is 1. The molecule has 3 heterocycles. The Hall–Kier alpha value is -3.36. The lowest BCUT2D eigenvalue weighted by Crippen LogP contribution is -2.52. The molecular weight excluding hydrogens is 524 g/mol. The summed E-state index contributed by atoms with van der Waals surface area (Å²) in [6, 6.07) is 12.4. The summed E-state index contributed by atoms with van der Waals surface area (Å²) in [5.41, 5.74) is 6.28. The second kappa shape index (κ2) is 8.83. The van der Waals surface area contributed by atoms with E-state index in [1.165, 1.54) is 12.1 Å². The summed E-state index contributed by atoms with van der Waals surface area (Å²) in [7, 11) is 0. The van der Waals surface area contributed by atoms with Gasteiger partial charge in [-0.3, -0.25) is 4.79 Å². The van der Waals surface area contributed by atoms with E-state index in [9.17, 15) is 4.79 Å². The van der Waals surface area contributed by atoms with E-state index in [0.29, 0.717) is 24.3 Å². The normalized spacial score (nSPS) is 24.2. The van der Waals surface area contributed by atoms with Crippen molar-refractivity contribution in [2.24, 2.45) is 5.73 Å². The zero-order chi connectivity index (χ0) is 26.9. The summed E-state index contributed by atoms with van der Waals surface area (Å²) in [4.78, 5) is 12.7. The van der Waals surface area contributed by atoms with Crippen LogP contribution in [0.1, 0.15) is 53.6 Å². The van der Waals surface area contributed by atoms with E-state index in [4.69, 9.17) is 26.8 Å². The van der Waals surface area contributed by atoms with Crippen LogP contribution in [0.2, 0.25) is 5.02 Å². The fourth-order valence-corrected chi connectivity index (χ4v) is 6.99. The van der Waals surface area contributed by atoms with Crippen molar-refractivity contribution in [2.45, 2.75) is 55.7 Å². The van der Waals surface area contributed by atoms with Gasteiger partial charge in [-0.1, -0.05) is 41.9 Å². The average Bonchev–Trinajstić information content (AvgIpc) is 3.59. The number of ether oxygens (including phenoxy) is 2. The fraction of sp³-hybridized carbons (Fsp3) is 0.367. The van der Waals surface area contributed by atoms with E-state index < -0.39 is 23.1 Å². The highest BCUT2D eigenvalue weighted by molar-refractivity contribution is 6.34. The Bertz CT molecular complexity index is 1510. The number of hydrogen-bond acceptors (Lipinski definition) is 5. The summed E-state index contributed by atoms with van der Waals surface area (Å²) in [6.45, 7) is 1.13. The van der Waals surface area contributed by atoms with Gasteiger partial charge in [-0.15, -0.1) is 0 Å². The fourth-order valence-electron chi connectivity index (χ4n) is 6.73. The smallest absolute Gasteiger partial charge is 0.249 e. The highest BCUT2D eigenvalue weighted by atomic mass is 35.5. The first-order chi connectivity index (χ1) is 18.8. The number of carbonyl (C=O) groups is 1. The third-order valence-corrected chi connectivity index (χ3v) is 9.21. The Morgan fingerprint density at radius 1 is 1.10 bits per heavy atom. The molecule has 1 aliphatic carbocycles. The van der Waals surface area contributed by atoms with E-state index in [2.05, 4.69) is 10.6 Å². The largest absolute Gasteiger partial charge is 0.486 e. The monoisotopic (exact) mass is 551 g/mol. The van der Waals surface area contributed by atoms with E-state index in [-0.39, 0.29) is 44.8 Å². The van der Waals surface area contributed by atoms with Crippen LogP contribution in [-0.2, 0) is 12.0 Å². The van der Waals surface area contributed by atoms with Crippen molar-refractivity contribution < 1.29 is 23.0 Å². The Kier molecular flexibility index (Phi) is 5.58.